The van der Waals surface area contributed by atoms with Gasteiger partial charge < -0.3 is 25.6 Å². The summed E-state index contributed by atoms with van der Waals surface area (Å²) in [6.07, 6.45) is 5.60. The number of hydrogen-bond acceptors (Lipinski definition) is 10. The fraction of sp³-hybridized carbons (Fsp3) is 0.353. The highest BCUT2D eigenvalue weighted by molar-refractivity contribution is 6.20. The molecule has 3 aliphatic rings. The third-order valence-electron chi connectivity index (χ3n) is 5.09. The number of rotatable bonds is 2. The maximum Gasteiger partial charge on any atom is 0.224 e. The van der Waals surface area contributed by atoms with E-state index >= 15 is 0 Å². The maximum absolute atomic E-state index is 11.8. The normalized spacial score (nSPS) is 29.6. The lowest BCUT2D eigenvalue weighted by Crippen LogP contribution is -2.37. The molecule has 138 valence electrons. The van der Waals surface area contributed by atoms with Crippen LogP contribution in [0.3, 0.4) is 0 Å². The monoisotopic (exact) mass is 368 g/mol. The van der Waals surface area contributed by atoms with E-state index in [1.165, 1.54) is 18.3 Å². The van der Waals surface area contributed by atoms with Gasteiger partial charge >= 0.3 is 0 Å². The Kier molecular flexibility index (Phi) is 3.18. The van der Waals surface area contributed by atoms with E-state index in [-0.39, 0.29) is 5.95 Å². The molecule has 0 aromatic carbocycles. The van der Waals surface area contributed by atoms with Gasteiger partial charge in [0.25, 0.3) is 0 Å². The quantitative estimate of drug-likeness (QED) is 0.592. The third-order valence-corrected chi connectivity index (χ3v) is 5.09. The second-order valence-electron chi connectivity index (χ2n) is 6.73. The molecule has 0 radical (unpaired) electrons. The topological polar surface area (TPSA) is 148 Å². The first-order valence-electron chi connectivity index (χ1n) is 8.47. The van der Waals surface area contributed by atoms with Gasteiger partial charge in [-0.3, -0.25) is 4.79 Å². The number of aromatic nitrogens is 4. The van der Waals surface area contributed by atoms with Gasteiger partial charge in [-0.2, -0.15) is 9.97 Å². The number of morpholine rings is 1. The van der Waals surface area contributed by atoms with Gasteiger partial charge in [0.15, 0.2) is 28.2 Å². The van der Waals surface area contributed by atoms with E-state index in [1.807, 2.05) is 4.90 Å². The molecule has 10 nitrogen and oxygen atoms in total. The van der Waals surface area contributed by atoms with Crippen LogP contribution in [0.5, 0.6) is 0 Å². The standard InChI is InChI=1S/C17H16N6O4/c18-15-21-12-11(13(22-15)23-3-5-27-6-4-23)20-10(8-19-12)9-1-2-16(25)14(24)17(16,26)7-9/h1-2,7-8,25-26H,3-6H2,(H2,18,19,21,22). The molecular weight excluding hydrogens is 352 g/mol. The van der Waals surface area contributed by atoms with E-state index in [2.05, 4.69) is 19.9 Å². The van der Waals surface area contributed by atoms with Crippen LogP contribution in [0.4, 0.5) is 11.8 Å². The van der Waals surface area contributed by atoms with E-state index in [0.29, 0.717) is 54.6 Å². The molecule has 27 heavy (non-hydrogen) atoms. The molecule has 2 aromatic heterocycles. The first-order valence-corrected chi connectivity index (χ1v) is 8.47. The molecule has 2 aliphatic carbocycles. The predicted octanol–water partition coefficient (Wildman–Crippen LogP) is -1.16. The number of aliphatic hydroxyl groups is 2. The van der Waals surface area contributed by atoms with Crippen molar-refractivity contribution in [3.05, 3.63) is 30.1 Å². The van der Waals surface area contributed by atoms with E-state index < -0.39 is 17.0 Å². The Morgan fingerprint density at radius 3 is 2.67 bits per heavy atom. The summed E-state index contributed by atoms with van der Waals surface area (Å²) in [4.78, 5) is 31.1. The lowest BCUT2D eigenvalue weighted by Gasteiger charge is -2.28. The fourth-order valence-electron chi connectivity index (χ4n) is 3.45. The molecule has 1 saturated heterocycles. The summed E-state index contributed by atoms with van der Waals surface area (Å²) in [5, 5.41) is 20.3. The third kappa shape index (κ3) is 2.21. The van der Waals surface area contributed by atoms with Gasteiger partial charge in [0.1, 0.15) is 0 Å². The van der Waals surface area contributed by atoms with Crippen LogP contribution in [0.15, 0.2) is 24.4 Å². The molecule has 0 amide bonds. The van der Waals surface area contributed by atoms with Crippen molar-refractivity contribution in [2.45, 2.75) is 11.2 Å². The smallest absolute Gasteiger partial charge is 0.224 e. The highest BCUT2D eigenvalue weighted by Gasteiger charge is 2.76. The Morgan fingerprint density at radius 1 is 1.15 bits per heavy atom. The van der Waals surface area contributed by atoms with Gasteiger partial charge in [-0.1, -0.05) is 6.08 Å². The molecule has 0 bridgehead atoms. The zero-order valence-electron chi connectivity index (χ0n) is 14.2. The van der Waals surface area contributed by atoms with Crippen LogP contribution < -0.4 is 10.6 Å². The maximum atomic E-state index is 11.8. The molecule has 2 aromatic rings. The molecule has 2 atom stereocenters. The Hall–Kier alpha value is -2.95. The predicted molar refractivity (Wildman–Crippen MR) is 94.6 cm³/mol. The highest BCUT2D eigenvalue weighted by Crippen LogP contribution is 2.49. The van der Waals surface area contributed by atoms with Gasteiger partial charge in [-0.25, -0.2) is 9.97 Å². The first kappa shape index (κ1) is 16.2. The summed E-state index contributed by atoms with van der Waals surface area (Å²) in [5.41, 5.74) is 3.80. The average Bonchev–Trinajstić information content (AvgIpc) is 3.13. The largest absolute Gasteiger partial charge is 0.378 e. The van der Waals surface area contributed by atoms with Crippen molar-refractivity contribution in [1.82, 2.24) is 19.9 Å². The van der Waals surface area contributed by atoms with Crippen molar-refractivity contribution < 1.29 is 19.7 Å². The number of nitrogens with two attached hydrogens (primary N) is 1. The number of allylic oxidation sites excluding steroid dienone is 2. The number of nitrogen functional groups attached to an aromatic ring is 1. The van der Waals surface area contributed by atoms with Gasteiger partial charge in [0, 0.05) is 18.7 Å². The minimum absolute atomic E-state index is 0.103. The summed E-state index contributed by atoms with van der Waals surface area (Å²) in [6.45, 7) is 2.42. The van der Waals surface area contributed by atoms with Gasteiger partial charge in [-0.15, -0.1) is 0 Å². The number of anilines is 2. The van der Waals surface area contributed by atoms with Crippen molar-refractivity contribution in [1.29, 1.82) is 0 Å². The minimum Gasteiger partial charge on any atom is -0.378 e. The van der Waals surface area contributed by atoms with Crippen molar-refractivity contribution in [2.24, 2.45) is 0 Å². The van der Waals surface area contributed by atoms with Crippen LogP contribution in [0.1, 0.15) is 5.69 Å². The summed E-state index contributed by atoms with van der Waals surface area (Å²) >= 11 is 0. The summed E-state index contributed by atoms with van der Waals surface area (Å²) in [7, 11) is 0. The van der Waals surface area contributed by atoms with Gasteiger partial charge in [0.05, 0.1) is 25.1 Å². The number of fused-ring (bicyclic) bond motifs is 2. The molecule has 1 saturated carbocycles. The number of carbonyl (C=O) groups is 1. The van der Waals surface area contributed by atoms with Crippen LogP contribution in [0.2, 0.25) is 0 Å². The van der Waals surface area contributed by atoms with E-state index in [1.54, 1.807) is 6.08 Å². The zero-order valence-corrected chi connectivity index (χ0v) is 14.2. The lowest BCUT2D eigenvalue weighted by atomic mass is 10.0. The molecule has 3 heterocycles. The Bertz CT molecular complexity index is 1050. The van der Waals surface area contributed by atoms with Crippen LogP contribution in [0.25, 0.3) is 16.7 Å². The van der Waals surface area contributed by atoms with E-state index in [4.69, 9.17) is 10.5 Å². The molecule has 1 aliphatic heterocycles. The number of ether oxygens (including phenoxy) is 1. The molecular formula is C17H16N6O4. The molecule has 10 heteroatoms. The van der Waals surface area contributed by atoms with Crippen molar-refractivity contribution >= 4 is 34.3 Å². The molecule has 5 rings (SSSR count). The second-order valence-corrected chi connectivity index (χ2v) is 6.73. The minimum atomic E-state index is -1.90. The molecule has 0 spiro atoms. The summed E-state index contributed by atoms with van der Waals surface area (Å²) in [6, 6.07) is 0. The fourth-order valence-corrected chi connectivity index (χ4v) is 3.45. The zero-order chi connectivity index (χ0) is 18.8. The number of hydrogen-bond donors (Lipinski definition) is 3. The summed E-state index contributed by atoms with van der Waals surface area (Å²) < 4.78 is 5.38. The second kappa shape index (κ2) is 5.28. The van der Waals surface area contributed by atoms with Crippen LogP contribution >= 0.6 is 0 Å². The van der Waals surface area contributed by atoms with E-state index in [9.17, 15) is 15.0 Å². The molecule has 4 N–H and O–H groups in total. The Labute approximate surface area is 153 Å². The Morgan fingerprint density at radius 2 is 1.93 bits per heavy atom. The van der Waals surface area contributed by atoms with Crippen molar-refractivity contribution in [2.75, 3.05) is 36.9 Å². The van der Waals surface area contributed by atoms with Crippen LogP contribution in [0, 0.1) is 0 Å². The van der Waals surface area contributed by atoms with Crippen molar-refractivity contribution in [3.63, 3.8) is 0 Å². The van der Waals surface area contributed by atoms with Crippen LogP contribution in [-0.2, 0) is 9.53 Å². The number of ketones is 1. The SMILES string of the molecule is Nc1nc(N2CCOCC2)c2nc(C3=CC4(O)C(=O)C4(O)C=C3)cnc2n1. The number of nitrogens with zero attached hydrogens (tertiary/aromatic N) is 5. The lowest BCUT2D eigenvalue weighted by molar-refractivity contribution is -0.116. The number of carbonyl (C=O) groups excluding carboxylic acids is 1. The van der Waals surface area contributed by atoms with Crippen LogP contribution in [-0.4, -0.2) is 73.4 Å². The molecule has 2 unspecified atom stereocenters. The number of Topliss-reactive ketones (excluding diaryl/α,β-unsaturated/α-hetero) is 1. The highest BCUT2D eigenvalue weighted by atomic mass is 16.5. The summed E-state index contributed by atoms with van der Waals surface area (Å²) in [5.74, 6) is 0.0131. The first-order chi connectivity index (χ1) is 12.9. The average molecular weight is 368 g/mol. The van der Waals surface area contributed by atoms with Gasteiger partial charge in [0.2, 0.25) is 11.7 Å². The Balaban J connectivity index is 1.62. The van der Waals surface area contributed by atoms with Gasteiger partial charge in [-0.05, 0) is 12.2 Å². The molecule has 2 fully saturated rings. The van der Waals surface area contributed by atoms with E-state index in [0.717, 1.165) is 0 Å². The van der Waals surface area contributed by atoms with Crippen molar-refractivity contribution in [3.8, 4) is 0 Å².